The van der Waals surface area contributed by atoms with E-state index in [9.17, 15) is 14.7 Å². The Kier molecular flexibility index (Phi) is 6.27. The molecule has 2 heterocycles. The number of thioether (sulfide) groups is 1. The van der Waals surface area contributed by atoms with Gasteiger partial charge in [0.1, 0.15) is 11.5 Å². The van der Waals surface area contributed by atoms with E-state index < -0.39 is 5.97 Å². The summed E-state index contributed by atoms with van der Waals surface area (Å²) in [5.74, 6) is -0.325. The van der Waals surface area contributed by atoms with E-state index in [-0.39, 0.29) is 16.5 Å². The van der Waals surface area contributed by atoms with Gasteiger partial charge >= 0.3 is 5.97 Å². The van der Waals surface area contributed by atoms with E-state index in [1.165, 1.54) is 23.9 Å². The number of nitrogens with zero attached hydrogens (tertiary/aromatic N) is 2. The minimum Gasteiger partial charge on any atom is -0.478 e. The lowest BCUT2D eigenvalue weighted by Gasteiger charge is -2.15. The summed E-state index contributed by atoms with van der Waals surface area (Å²) in [5.41, 5.74) is 2.11. The van der Waals surface area contributed by atoms with Crippen LogP contribution in [0.4, 0.5) is 11.4 Å². The summed E-state index contributed by atoms with van der Waals surface area (Å²) in [6.45, 7) is 0. The highest BCUT2D eigenvalue weighted by Crippen LogP contribution is 2.38. The van der Waals surface area contributed by atoms with Crippen molar-refractivity contribution in [1.29, 1.82) is 0 Å². The van der Waals surface area contributed by atoms with Gasteiger partial charge in [0.15, 0.2) is 5.17 Å². The molecular formula is C27H17ClN2O4S. The molecule has 0 spiro atoms. The quantitative estimate of drug-likeness (QED) is 0.295. The van der Waals surface area contributed by atoms with E-state index in [0.29, 0.717) is 27.2 Å². The van der Waals surface area contributed by atoms with Gasteiger partial charge in [-0.05, 0) is 60.3 Å². The number of carboxylic acid groups (broad SMARTS) is 1. The number of carboxylic acids is 1. The van der Waals surface area contributed by atoms with Gasteiger partial charge < -0.3 is 9.52 Å². The first-order valence-electron chi connectivity index (χ1n) is 10.6. The van der Waals surface area contributed by atoms with Crippen LogP contribution in [0.25, 0.3) is 17.4 Å². The Balaban J connectivity index is 1.48. The monoisotopic (exact) mass is 500 g/mol. The Morgan fingerprint density at radius 2 is 1.69 bits per heavy atom. The molecule has 1 N–H and O–H groups in total. The number of rotatable bonds is 5. The first kappa shape index (κ1) is 22.7. The number of amides is 1. The zero-order chi connectivity index (χ0) is 24.4. The molecule has 1 saturated heterocycles. The van der Waals surface area contributed by atoms with Crippen LogP contribution in [0.3, 0.4) is 0 Å². The number of anilines is 1. The SMILES string of the molecule is O=C(O)c1ccc(-c2ccc(/C=C3\SC(=Nc4ccccc4)N(c4ccccc4)C3=O)o2)cc1Cl. The van der Waals surface area contributed by atoms with Gasteiger partial charge in [0.2, 0.25) is 0 Å². The molecule has 1 aliphatic heterocycles. The average molecular weight is 501 g/mol. The van der Waals surface area contributed by atoms with E-state index in [1.807, 2.05) is 60.7 Å². The number of hydrogen-bond acceptors (Lipinski definition) is 5. The number of carbonyl (C=O) groups is 2. The van der Waals surface area contributed by atoms with Crippen molar-refractivity contribution in [3.8, 4) is 11.3 Å². The lowest BCUT2D eigenvalue weighted by molar-refractivity contribution is -0.113. The first-order chi connectivity index (χ1) is 17.0. The largest absolute Gasteiger partial charge is 0.478 e. The number of carbonyl (C=O) groups excluding carboxylic acids is 1. The summed E-state index contributed by atoms with van der Waals surface area (Å²) in [7, 11) is 0. The summed E-state index contributed by atoms with van der Waals surface area (Å²) in [6, 6.07) is 26.9. The number of halogens is 1. The number of para-hydroxylation sites is 2. The standard InChI is InChI=1S/C27H17ClN2O4S/c28-22-15-17(11-13-21(22)26(32)33)23-14-12-20(34-23)16-24-25(31)30(19-9-5-2-6-10-19)27(35-24)29-18-7-3-1-4-8-18/h1-16H,(H,32,33)/b24-16-,29-27?. The molecule has 4 aromatic rings. The number of furan rings is 1. The molecule has 1 aromatic heterocycles. The Morgan fingerprint density at radius 3 is 2.37 bits per heavy atom. The van der Waals surface area contributed by atoms with Crippen molar-refractivity contribution in [2.75, 3.05) is 4.90 Å². The molecule has 172 valence electrons. The van der Waals surface area contributed by atoms with Gasteiger partial charge in [-0.2, -0.15) is 0 Å². The van der Waals surface area contributed by atoms with Crippen molar-refractivity contribution in [3.63, 3.8) is 0 Å². The lowest BCUT2D eigenvalue weighted by Crippen LogP contribution is -2.28. The fourth-order valence-corrected chi connectivity index (χ4v) is 4.77. The van der Waals surface area contributed by atoms with Crippen molar-refractivity contribution in [2.45, 2.75) is 0 Å². The van der Waals surface area contributed by atoms with Gasteiger partial charge in [-0.15, -0.1) is 0 Å². The van der Waals surface area contributed by atoms with Crippen molar-refractivity contribution in [1.82, 2.24) is 0 Å². The minimum atomic E-state index is -1.10. The molecule has 6 nitrogen and oxygen atoms in total. The fraction of sp³-hybridized carbons (Fsp3) is 0. The highest BCUT2D eigenvalue weighted by atomic mass is 35.5. The zero-order valence-corrected chi connectivity index (χ0v) is 19.7. The molecule has 1 aliphatic rings. The Bertz CT molecular complexity index is 1480. The van der Waals surface area contributed by atoms with E-state index in [2.05, 4.69) is 0 Å². The van der Waals surface area contributed by atoms with Crippen LogP contribution in [0, 0.1) is 0 Å². The maximum atomic E-state index is 13.4. The maximum absolute atomic E-state index is 13.4. The number of hydrogen-bond donors (Lipinski definition) is 1. The fourth-order valence-electron chi connectivity index (χ4n) is 3.52. The Hall–Kier alpha value is -4.07. The van der Waals surface area contributed by atoms with Crippen molar-refractivity contribution in [3.05, 3.63) is 112 Å². The molecule has 0 radical (unpaired) electrons. The number of benzene rings is 3. The molecule has 1 amide bonds. The predicted octanol–water partition coefficient (Wildman–Crippen LogP) is 7.11. The first-order valence-corrected chi connectivity index (χ1v) is 11.7. The van der Waals surface area contributed by atoms with Gasteiger partial charge in [-0.25, -0.2) is 9.79 Å². The number of aromatic carboxylic acids is 1. The second kappa shape index (κ2) is 9.66. The minimum absolute atomic E-state index is 0.0171. The summed E-state index contributed by atoms with van der Waals surface area (Å²) >= 11 is 7.36. The normalized spacial score (nSPS) is 15.8. The van der Waals surface area contributed by atoms with Crippen molar-refractivity contribution < 1.29 is 19.1 Å². The maximum Gasteiger partial charge on any atom is 0.337 e. The van der Waals surface area contributed by atoms with Crippen LogP contribution in [0.2, 0.25) is 5.02 Å². The average Bonchev–Trinajstić information content (AvgIpc) is 3.44. The molecule has 0 bridgehead atoms. The zero-order valence-electron chi connectivity index (χ0n) is 18.1. The summed E-state index contributed by atoms with van der Waals surface area (Å²) in [6.07, 6.45) is 1.67. The van der Waals surface area contributed by atoms with E-state index in [1.54, 1.807) is 29.2 Å². The van der Waals surface area contributed by atoms with Crippen LogP contribution < -0.4 is 4.90 Å². The molecule has 0 unspecified atom stereocenters. The molecule has 0 aliphatic carbocycles. The molecule has 8 heteroatoms. The Morgan fingerprint density at radius 1 is 0.971 bits per heavy atom. The van der Waals surface area contributed by atoms with Gasteiger partial charge in [-0.1, -0.05) is 54.1 Å². The van der Waals surface area contributed by atoms with Gasteiger partial charge in [-0.3, -0.25) is 9.69 Å². The molecule has 1 fully saturated rings. The lowest BCUT2D eigenvalue weighted by atomic mass is 10.1. The van der Waals surface area contributed by atoms with Crippen LogP contribution in [-0.4, -0.2) is 22.2 Å². The third kappa shape index (κ3) is 4.77. The molecule has 0 atom stereocenters. The van der Waals surface area contributed by atoms with E-state index in [4.69, 9.17) is 21.0 Å². The summed E-state index contributed by atoms with van der Waals surface area (Å²) in [4.78, 5) is 31.3. The van der Waals surface area contributed by atoms with Crippen LogP contribution in [0.1, 0.15) is 16.1 Å². The van der Waals surface area contributed by atoms with E-state index >= 15 is 0 Å². The summed E-state index contributed by atoms with van der Waals surface area (Å²) in [5, 5.41) is 9.83. The van der Waals surface area contributed by atoms with Gasteiger partial charge in [0.25, 0.3) is 5.91 Å². The predicted molar refractivity (Wildman–Crippen MR) is 139 cm³/mol. The third-order valence-corrected chi connectivity index (χ3v) is 6.47. The molecular weight excluding hydrogens is 484 g/mol. The third-order valence-electron chi connectivity index (χ3n) is 5.19. The molecule has 5 rings (SSSR count). The second-order valence-corrected chi connectivity index (χ2v) is 8.93. The van der Waals surface area contributed by atoms with Crippen LogP contribution in [0.15, 0.2) is 105 Å². The number of aliphatic imine (C=N–C) groups is 1. The summed E-state index contributed by atoms with van der Waals surface area (Å²) < 4.78 is 5.92. The van der Waals surface area contributed by atoms with Crippen LogP contribution in [0.5, 0.6) is 0 Å². The second-order valence-electron chi connectivity index (χ2n) is 7.52. The molecule has 35 heavy (non-hydrogen) atoms. The highest BCUT2D eigenvalue weighted by Gasteiger charge is 2.35. The van der Waals surface area contributed by atoms with Crippen LogP contribution >= 0.6 is 23.4 Å². The molecule has 3 aromatic carbocycles. The highest BCUT2D eigenvalue weighted by molar-refractivity contribution is 8.19. The van der Waals surface area contributed by atoms with Crippen molar-refractivity contribution >= 4 is 57.9 Å². The van der Waals surface area contributed by atoms with Gasteiger partial charge in [0.05, 0.1) is 26.9 Å². The van der Waals surface area contributed by atoms with Gasteiger partial charge in [0, 0.05) is 11.6 Å². The topological polar surface area (TPSA) is 83.1 Å². The van der Waals surface area contributed by atoms with Crippen LogP contribution in [-0.2, 0) is 4.79 Å². The Labute approximate surface area is 210 Å². The van der Waals surface area contributed by atoms with E-state index in [0.717, 1.165) is 11.4 Å². The number of amidine groups is 1. The smallest absolute Gasteiger partial charge is 0.337 e. The van der Waals surface area contributed by atoms with Crippen molar-refractivity contribution in [2.24, 2.45) is 4.99 Å². The molecule has 0 saturated carbocycles.